The van der Waals surface area contributed by atoms with E-state index in [-0.39, 0.29) is 5.91 Å². The van der Waals surface area contributed by atoms with Gasteiger partial charge in [-0.15, -0.1) is 11.3 Å². The minimum absolute atomic E-state index is 0.237. The van der Waals surface area contributed by atoms with Crippen LogP contribution >= 0.6 is 11.3 Å². The number of hydrogen-bond acceptors (Lipinski definition) is 2. The highest BCUT2D eigenvalue weighted by Gasteiger charge is 2.13. The van der Waals surface area contributed by atoms with E-state index in [1.54, 1.807) is 12.1 Å². The number of nitrogens with zero attached hydrogens (tertiary/aromatic N) is 2. The number of thiazole rings is 1. The lowest BCUT2D eigenvalue weighted by Crippen LogP contribution is -2.17. The number of carbonyl (C=O) groups excluding carboxylic acids is 1. The summed E-state index contributed by atoms with van der Waals surface area (Å²) in [5.74, 6) is -0.237. The highest BCUT2D eigenvalue weighted by Crippen LogP contribution is 2.24. The van der Waals surface area contributed by atoms with Gasteiger partial charge >= 0.3 is 0 Å². The van der Waals surface area contributed by atoms with Crippen LogP contribution in [-0.4, -0.2) is 10.5 Å². The zero-order valence-electron chi connectivity index (χ0n) is 14.9. The Morgan fingerprint density at radius 3 is 2.19 bits per heavy atom. The molecule has 0 radical (unpaired) electrons. The fraction of sp³-hybridized carbons (Fsp3) is 0.0435. The topological polar surface area (TPSA) is 34.4 Å². The summed E-state index contributed by atoms with van der Waals surface area (Å²) in [5.41, 5.74) is 4.85. The molecular weight excluding hydrogens is 352 g/mol. The van der Waals surface area contributed by atoms with Crippen LogP contribution < -0.4 is 4.80 Å². The maximum absolute atomic E-state index is 12.7. The molecule has 27 heavy (non-hydrogen) atoms. The van der Waals surface area contributed by atoms with Gasteiger partial charge < -0.3 is 0 Å². The number of aryl methyl sites for hydroxylation is 1. The van der Waals surface area contributed by atoms with Gasteiger partial charge in [0.2, 0.25) is 0 Å². The van der Waals surface area contributed by atoms with Gasteiger partial charge in [-0.3, -0.25) is 9.36 Å². The minimum atomic E-state index is -0.237. The second kappa shape index (κ2) is 7.56. The summed E-state index contributed by atoms with van der Waals surface area (Å²) in [6.07, 6.45) is 0. The first kappa shape index (κ1) is 17.2. The van der Waals surface area contributed by atoms with Crippen molar-refractivity contribution in [2.24, 2.45) is 4.99 Å². The van der Waals surface area contributed by atoms with E-state index in [2.05, 4.69) is 46.1 Å². The second-order valence-corrected chi connectivity index (χ2v) is 7.01. The Morgan fingerprint density at radius 2 is 1.48 bits per heavy atom. The van der Waals surface area contributed by atoms with E-state index in [1.165, 1.54) is 11.3 Å². The van der Waals surface area contributed by atoms with Gasteiger partial charge in [0.05, 0.1) is 11.4 Å². The Morgan fingerprint density at radius 1 is 0.852 bits per heavy atom. The van der Waals surface area contributed by atoms with Gasteiger partial charge in [-0.25, -0.2) is 0 Å². The van der Waals surface area contributed by atoms with E-state index >= 15 is 0 Å². The molecule has 0 atom stereocenters. The Bertz CT molecular complexity index is 1140. The molecule has 0 fully saturated rings. The molecule has 4 heteroatoms. The number of carbonyl (C=O) groups is 1. The first-order valence-corrected chi connectivity index (χ1v) is 9.58. The lowest BCUT2D eigenvalue weighted by molar-refractivity contribution is 0.0998. The van der Waals surface area contributed by atoms with Gasteiger partial charge in [0.1, 0.15) is 0 Å². The molecule has 0 saturated heterocycles. The molecule has 0 aliphatic rings. The Hall–Kier alpha value is -3.24. The van der Waals surface area contributed by atoms with Crippen LogP contribution in [0.5, 0.6) is 0 Å². The van der Waals surface area contributed by atoms with E-state index in [9.17, 15) is 4.79 Å². The van der Waals surface area contributed by atoms with Gasteiger partial charge in [-0.05, 0) is 36.2 Å². The molecule has 0 saturated carbocycles. The van der Waals surface area contributed by atoms with Crippen molar-refractivity contribution in [3.63, 3.8) is 0 Å². The molecule has 0 N–H and O–H groups in total. The second-order valence-electron chi connectivity index (χ2n) is 6.17. The summed E-state index contributed by atoms with van der Waals surface area (Å²) in [6.45, 7) is 2.07. The van der Waals surface area contributed by atoms with E-state index in [1.807, 2.05) is 48.5 Å². The van der Waals surface area contributed by atoms with Crippen LogP contribution in [0.4, 0.5) is 0 Å². The quantitative estimate of drug-likeness (QED) is 0.485. The van der Waals surface area contributed by atoms with Crippen LogP contribution in [-0.2, 0) is 0 Å². The zero-order chi connectivity index (χ0) is 18.6. The molecule has 1 heterocycles. The van der Waals surface area contributed by atoms with Crippen LogP contribution in [0.2, 0.25) is 0 Å². The Labute approximate surface area is 161 Å². The normalized spacial score (nSPS) is 11.5. The molecule has 132 valence electrons. The molecule has 0 bridgehead atoms. The predicted molar refractivity (Wildman–Crippen MR) is 110 cm³/mol. The largest absolute Gasteiger partial charge is 0.285 e. The highest BCUT2D eigenvalue weighted by atomic mass is 32.1. The summed E-state index contributed by atoms with van der Waals surface area (Å²) >= 11 is 1.47. The predicted octanol–water partition coefficient (Wildman–Crippen LogP) is 5.26. The van der Waals surface area contributed by atoms with Crippen molar-refractivity contribution in [2.45, 2.75) is 6.92 Å². The fourth-order valence-electron chi connectivity index (χ4n) is 2.98. The SMILES string of the molecule is Cc1ccccc1-n1c(-c2ccccc2)csc1=NC(=O)c1ccccc1. The fourth-order valence-corrected chi connectivity index (χ4v) is 3.87. The number of hydrogen-bond donors (Lipinski definition) is 0. The third-order valence-corrected chi connectivity index (χ3v) is 5.18. The third-order valence-electron chi connectivity index (χ3n) is 4.35. The minimum Gasteiger partial charge on any atom is -0.285 e. The van der Waals surface area contributed by atoms with E-state index < -0.39 is 0 Å². The van der Waals surface area contributed by atoms with Crippen molar-refractivity contribution in [1.82, 2.24) is 4.57 Å². The highest BCUT2D eigenvalue weighted by molar-refractivity contribution is 7.07. The number of rotatable bonds is 3. The van der Waals surface area contributed by atoms with Gasteiger partial charge in [-0.2, -0.15) is 4.99 Å². The van der Waals surface area contributed by atoms with Crippen molar-refractivity contribution >= 4 is 17.2 Å². The van der Waals surface area contributed by atoms with Crippen molar-refractivity contribution in [1.29, 1.82) is 0 Å². The number of amides is 1. The number of para-hydroxylation sites is 1. The number of aromatic nitrogens is 1. The van der Waals surface area contributed by atoms with Crippen LogP contribution in [0.15, 0.2) is 95.3 Å². The van der Waals surface area contributed by atoms with E-state index in [4.69, 9.17) is 0 Å². The Balaban J connectivity index is 1.93. The first-order valence-electron chi connectivity index (χ1n) is 8.70. The van der Waals surface area contributed by atoms with Gasteiger partial charge in [0, 0.05) is 10.9 Å². The zero-order valence-corrected chi connectivity index (χ0v) is 15.7. The summed E-state index contributed by atoms with van der Waals surface area (Å²) in [6, 6.07) is 27.5. The average Bonchev–Trinajstić information content (AvgIpc) is 3.13. The molecule has 3 aromatic carbocycles. The molecule has 0 aliphatic heterocycles. The molecule has 1 aromatic heterocycles. The molecule has 0 unspecified atom stereocenters. The van der Waals surface area contributed by atoms with Crippen molar-refractivity contribution < 1.29 is 4.79 Å². The van der Waals surface area contributed by atoms with Crippen LogP contribution in [0.3, 0.4) is 0 Å². The first-order chi connectivity index (χ1) is 13.2. The molecule has 0 spiro atoms. The lowest BCUT2D eigenvalue weighted by Gasteiger charge is -2.11. The third kappa shape index (κ3) is 3.52. The van der Waals surface area contributed by atoms with Crippen molar-refractivity contribution in [3.8, 4) is 16.9 Å². The van der Waals surface area contributed by atoms with Crippen LogP contribution in [0.1, 0.15) is 15.9 Å². The van der Waals surface area contributed by atoms with Gasteiger partial charge in [-0.1, -0.05) is 66.7 Å². The van der Waals surface area contributed by atoms with Crippen molar-refractivity contribution in [2.75, 3.05) is 0 Å². The van der Waals surface area contributed by atoms with Gasteiger partial charge in [0.15, 0.2) is 4.80 Å². The van der Waals surface area contributed by atoms with E-state index in [0.717, 1.165) is 22.5 Å². The monoisotopic (exact) mass is 370 g/mol. The maximum Gasteiger partial charge on any atom is 0.279 e. The summed E-state index contributed by atoms with van der Waals surface area (Å²) in [5, 5.41) is 2.05. The lowest BCUT2D eigenvalue weighted by atomic mass is 10.1. The Kier molecular flexibility index (Phi) is 4.81. The molecule has 0 aliphatic carbocycles. The molecule has 4 rings (SSSR count). The molecule has 1 amide bonds. The summed E-state index contributed by atoms with van der Waals surface area (Å²) < 4.78 is 2.07. The van der Waals surface area contributed by atoms with Gasteiger partial charge in [0.25, 0.3) is 5.91 Å². The molecular formula is C23H18N2OS. The summed E-state index contributed by atoms with van der Waals surface area (Å²) in [7, 11) is 0. The van der Waals surface area contributed by atoms with Crippen LogP contribution in [0, 0.1) is 6.92 Å². The molecule has 3 nitrogen and oxygen atoms in total. The van der Waals surface area contributed by atoms with Crippen molar-refractivity contribution in [3.05, 3.63) is 106 Å². The standard InChI is InChI=1S/C23H18N2OS/c1-17-10-8-9-15-20(17)25-21(18-11-4-2-5-12-18)16-27-23(25)24-22(26)19-13-6-3-7-14-19/h2-16H,1H3. The van der Waals surface area contributed by atoms with E-state index in [0.29, 0.717) is 10.4 Å². The maximum atomic E-state index is 12.7. The average molecular weight is 370 g/mol. The number of benzene rings is 3. The smallest absolute Gasteiger partial charge is 0.279 e. The summed E-state index contributed by atoms with van der Waals surface area (Å²) in [4.78, 5) is 17.8. The van der Waals surface area contributed by atoms with Crippen LogP contribution in [0.25, 0.3) is 16.9 Å². The molecule has 4 aromatic rings.